The molecule has 6 nitrogen and oxygen atoms in total. The highest BCUT2D eigenvalue weighted by molar-refractivity contribution is 7.24. The number of ether oxygens (including phenoxy) is 2. The second kappa shape index (κ2) is 14.3. The molecule has 2 fully saturated rings. The fourth-order valence-corrected chi connectivity index (χ4v) is 15.7. The summed E-state index contributed by atoms with van der Waals surface area (Å²) in [6, 6.07) is 12.8. The molecule has 2 spiro atoms. The lowest BCUT2D eigenvalue weighted by atomic mass is 9.63. The molecule has 4 heterocycles. The largest absolute Gasteiger partial charge is 0.520 e. The molecule has 10 rings (SSSR count). The average Bonchev–Trinajstić information content (AvgIpc) is 4.12. The van der Waals surface area contributed by atoms with Crippen molar-refractivity contribution in [1.29, 1.82) is 10.5 Å². The molecule has 0 saturated heterocycles. The van der Waals surface area contributed by atoms with Crippen LogP contribution in [0.5, 0.6) is 11.5 Å². The van der Waals surface area contributed by atoms with Crippen molar-refractivity contribution in [1.82, 2.24) is 0 Å². The van der Waals surface area contributed by atoms with Gasteiger partial charge < -0.3 is 9.47 Å². The third-order valence-corrected chi connectivity index (χ3v) is 18.1. The van der Waals surface area contributed by atoms with E-state index in [1.54, 1.807) is 49.0 Å². The standard InChI is InChI=1S/C48H38N4O2S4/c1-51-42(52-2)22-31-21-39(54-4)46(56-31)41-24-37-44(58-41)33-17-29-18-34-32(16-28(29)19-35(33)48(37)13-9-6-10-14-48)43-36(47(34)11-7-5-8-12-47)23-40(57-43)45-38(53-3)20-30(55-45)15-27(25-49)26-50/h15-24,28-29H,5-14H2,3-4H3. The van der Waals surface area contributed by atoms with Gasteiger partial charge in [0.25, 0.3) is 0 Å². The highest BCUT2D eigenvalue weighted by atomic mass is 32.1. The van der Waals surface area contributed by atoms with Gasteiger partial charge in [-0.2, -0.15) is 20.2 Å². The van der Waals surface area contributed by atoms with E-state index in [9.17, 15) is 10.5 Å². The van der Waals surface area contributed by atoms with Gasteiger partial charge >= 0.3 is 5.82 Å². The van der Waals surface area contributed by atoms with E-state index in [2.05, 4.69) is 46.1 Å². The van der Waals surface area contributed by atoms with Gasteiger partial charge in [-0.25, -0.2) is 0 Å². The molecule has 0 aliphatic heterocycles. The number of nitrogens with zero attached hydrogens (tertiary/aromatic N) is 4. The van der Waals surface area contributed by atoms with Gasteiger partial charge in [-0.1, -0.05) is 62.8 Å². The maximum Gasteiger partial charge on any atom is 0.520 e. The third-order valence-electron chi connectivity index (χ3n) is 13.2. The molecule has 4 aromatic rings. The zero-order chi connectivity index (χ0) is 39.8. The van der Waals surface area contributed by atoms with Gasteiger partial charge in [-0.15, -0.1) is 45.3 Å². The molecular formula is C48H38N4O2S4. The van der Waals surface area contributed by atoms with Crippen molar-refractivity contribution < 1.29 is 9.47 Å². The van der Waals surface area contributed by atoms with Gasteiger partial charge in [0.05, 0.1) is 24.0 Å². The summed E-state index contributed by atoms with van der Waals surface area (Å²) in [6.45, 7) is 14.8. The molecule has 2 atom stereocenters. The van der Waals surface area contributed by atoms with Gasteiger partial charge in [-0.3, -0.25) is 0 Å². The highest BCUT2D eigenvalue weighted by Crippen LogP contribution is 2.66. The van der Waals surface area contributed by atoms with E-state index in [0.29, 0.717) is 0 Å². The van der Waals surface area contributed by atoms with Crippen molar-refractivity contribution in [2.45, 2.75) is 75.0 Å². The zero-order valence-electron chi connectivity index (χ0n) is 32.2. The molecule has 4 aromatic heterocycles. The second-order valence-corrected chi connectivity index (χ2v) is 20.3. The first-order chi connectivity index (χ1) is 28.4. The number of hydrogen-bond donors (Lipinski definition) is 0. The summed E-state index contributed by atoms with van der Waals surface area (Å²) in [5.41, 5.74) is 8.98. The number of allylic oxidation sites excluding steroid dienone is 9. The molecule has 58 heavy (non-hydrogen) atoms. The lowest BCUT2D eigenvalue weighted by Gasteiger charge is -2.40. The van der Waals surface area contributed by atoms with Crippen LogP contribution >= 0.6 is 45.3 Å². The van der Waals surface area contributed by atoms with Crippen LogP contribution in [0, 0.1) is 47.6 Å². The molecular weight excluding hydrogens is 793 g/mol. The maximum absolute atomic E-state index is 9.41. The van der Waals surface area contributed by atoms with Crippen molar-refractivity contribution in [2.75, 3.05) is 14.2 Å². The second-order valence-electron chi connectivity index (χ2n) is 16.1. The van der Waals surface area contributed by atoms with Gasteiger partial charge in [0.15, 0.2) is 0 Å². The highest BCUT2D eigenvalue weighted by Gasteiger charge is 2.52. The van der Waals surface area contributed by atoms with Crippen LogP contribution in [0.1, 0.15) is 94.8 Å². The predicted octanol–water partition coefficient (Wildman–Crippen LogP) is 13.9. The fraction of sp³-hybridized carbons (Fsp3) is 0.333. The Bertz CT molecular complexity index is 2560. The molecule has 2 saturated carbocycles. The van der Waals surface area contributed by atoms with Crippen LogP contribution < -0.4 is 9.47 Å². The summed E-state index contributed by atoms with van der Waals surface area (Å²) in [6.07, 6.45) is 26.0. The van der Waals surface area contributed by atoms with E-state index in [4.69, 9.17) is 22.6 Å². The number of nitriles is 2. The number of hydrogen-bond acceptors (Lipinski definition) is 8. The summed E-state index contributed by atoms with van der Waals surface area (Å²) in [7, 11) is 3.40. The Hall–Kier alpha value is -5.20. The van der Waals surface area contributed by atoms with Crippen molar-refractivity contribution in [3.8, 4) is 43.1 Å². The molecule has 0 N–H and O–H groups in total. The molecule has 6 aliphatic carbocycles. The van der Waals surface area contributed by atoms with Crippen molar-refractivity contribution in [3.05, 3.63) is 125 Å². The topological polar surface area (TPSA) is 74.8 Å². The van der Waals surface area contributed by atoms with Crippen LogP contribution in [0.3, 0.4) is 0 Å². The number of methoxy groups -OCH3 is 2. The summed E-state index contributed by atoms with van der Waals surface area (Å²) in [4.78, 5) is 15.8. The lowest BCUT2D eigenvalue weighted by Crippen LogP contribution is -2.31. The van der Waals surface area contributed by atoms with Crippen LogP contribution in [0.2, 0.25) is 0 Å². The normalized spacial score (nSPS) is 21.2. The Balaban J connectivity index is 1.07. The fourth-order valence-electron chi connectivity index (χ4n) is 10.7. The van der Waals surface area contributed by atoms with Crippen LogP contribution in [-0.4, -0.2) is 14.2 Å². The predicted molar refractivity (Wildman–Crippen MR) is 237 cm³/mol. The Kier molecular flexibility index (Phi) is 9.12. The van der Waals surface area contributed by atoms with E-state index in [1.807, 2.05) is 46.9 Å². The molecule has 0 radical (unpaired) electrons. The Morgan fingerprint density at radius 2 is 1.09 bits per heavy atom. The Morgan fingerprint density at radius 1 is 0.638 bits per heavy atom. The Morgan fingerprint density at radius 3 is 1.50 bits per heavy atom. The summed E-state index contributed by atoms with van der Waals surface area (Å²) < 4.78 is 11.8. The van der Waals surface area contributed by atoms with E-state index in [-0.39, 0.29) is 34.1 Å². The van der Waals surface area contributed by atoms with Crippen LogP contribution in [0.4, 0.5) is 0 Å². The third kappa shape index (κ3) is 5.54. The molecule has 0 amide bonds. The van der Waals surface area contributed by atoms with E-state index in [1.165, 1.54) is 91.5 Å². The molecule has 286 valence electrons. The summed E-state index contributed by atoms with van der Waals surface area (Å²) in [5, 5.41) is 18.8. The number of thiophene rings is 4. The van der Waals surface area contributed by atoms with Gasteiger partial charge in [0.1, 0.15) is 42.4 Å². The average molecular weight is 831 g/mol. The van der Waals surface area contributed by atoms with E-state index >= 15 is 0 Å². The van der Waals surface area contributed by atoms with E-state index < -0.39 is 0 Å². The first-order valence-electron chi connectivity index (χ1n) is 19.9. The maximum atomic E-state index is 9.41. The SMILES string of the molecule is [C-]#[N+]C(=Cc1cc(OC)c(-c2cc3c(s2)C2=CC4C=C5C(=CC4C=C2C32CCCCC2)c2sc(-c3sc(C=C(C#N)C#N)cc3OC)cc2C52CCCCC2)s1)[N+]#[C-]. The molecule has 0 aromatic carbocycles. The minimum Gasteiger partial charge on any atom is -0.495 e. The van der Waals surface area contributed by atoms with Crippen molar-refractivity contribution in [3.63, 3.8) is 0 Å². The van der Waals surface area contributed by atoms with Gasteiger partial charge in [-0.05, 0) is 89.4 Å². The van der Waals surface area contributed by atoms with E-state index in [0.717, 1.165) is 56.7 Å². The summed E-state index contributed by atoms with van der Waals surface area (Å²) in [5.74, 6) is 2.22. The van der Waals surface area contributed by atoms with Crippen molar-refractivity contribution in [2.24, 2.45) is 11.8 Å². The van der Waals surface area contributed by atoms with Gasteiger partial charge in [0.2, 0.25) is 0 Å². The van der Waals surface area contributed by atoms with Crippen LogP contribution in [0.15, 0.2) is 71.1 Å². The quantitative estimate of drug-likeness (QED) is 0.143. The lowest BCUT2D eigenvalue weighted by molar-refractivity contribution is 0.347. The Labute approximate surface area is 355 Å². The number of rotatable bonds is 6. The number of fused-ring (bicyclic) bond motifs is 11. The minimum absolute atomic E-state index is 0.00735. The van der Waals surface area contributed by atoms with Crippen LogP contribution in [0.25, 0.3) is 52.5 Å². The molecule has 2 unspecified atom stereocenters. The van der Waals surface area contributed by atoms with Gasteiger partial charge in [0, 0.05) is 58.0 Å². The van der Waals surface area contributed by atoms with Crippen molar-refractivity contribution >= 4 is 68.6 Å². The zero-order valence-corrected chi connectivity index (χ0v) is 35.5. The molecule has 6 aliphatic rings. The monoisotopic (exact) mass is 830 g/mol. The first-order valence-corrected chi connectivity index (χ1v) is 23.2. The van der Waals surface area contributed by atoms with Crippen LogP contribution in [-0.2, 0) is 10.8 Å². The summed E-state index contributed by atoms with van der Waals surface area (Å²) >= 11 is 6.95. The smallest absolute Gasteiger partial charge is 0.495 e. The molecule has 0 bridgehead atoms. The first kappa shape index (κ1) is 37.1. The molecule has 10 heteroatoms. The minimum atomic E-state index is 0.00735.